The summed E-state index contributed by atoms with van der Waals surface area (Å²) in [5.74, 6) is -0.808. The maximum atomic E-state index is 12.4. The first kappa shape index (κ1) is 15.8. The van der Waals surface area contributed by atoms with Gasteiger partial charge in [-0.05, 0) is 58.5 Å². The van der Waals surface area contributed by atoms with Crippen molar-refractivity contribution in [2.45, 2.75) is 12.8 Å². The predicted molar refractivity (Wildman–Crippen MR) is 101 cm³/mol. The van der Waals surface area contributed by atoms with Crippen molar-refractivity contribution < 1.29 is 9.59 Å². The summed E-state index contributed by atoms with van der Waals surface area (Å²) >= 11 is 1.62. The Kier molecular flexibility index (Phi) is 4.20. The number of hydrogen-bond donors (Lipinski definition) is 0. The molecule has 0 unspecified atom stereocenters. The van der Waals surface area contributed by atoms with Crippen LogP contribution in [0.1, 0.15) is 22.3 Å². The van der Waals surface area contributed by atoms with Gasteiger partial charge < -0.3 is 4.90 Å². The number of anilines is 1. The first-order chi connectivity index (χ1) is 12.2. The van der Waals surface area contributed by atoms with Crippen LogP contribution in [0.15, 0.2) is 65.4 Å². The van der Waals surface area contributed by atoms with E-state index in [0.29, 0.717) is 12.1 Å². The Labute approximate surface area is 150 Å². The SMILES string of the molecule is O=C1C(=O)N(CCCc2ccccc2)c2ccc(-c3ccsc3)cc21. The molecule has 25 heavy (non-hydrogen) atoms. The standard InChI is InChI=1S/C21H17NO2S/c23-20-18-13-16(17-10-12-25-14-17)8-9-19(18)22(21(20)24)11-4-7-15-5-2-1-3-6-15/h1-3,5-6,8-10,12-14H,4,7,11H2. The van der Waals surface area contributed by atoms with Crippen LogP contribution >= 0.6 is 11.3 Å². The molecule has 1 aliphatic rings. The Hall–Kier alpha value is -2.72. The van der Waals surface area contributed by atoms with E-state index in [0.717, 1.165) is 29.7 Å². The molecule has 0 aliphatic carbocycles. The molecule has 0 bridgehead atoms. The highest BCUT2D eigenvalue weighted by Gasteiger charge is 2.35. The van der Waals surface area contributed by atoms with Gasteiger partial charge in [0.2, 0.25) is 0 Å². The van der Waals surface area contributed by atoms with E-state index in [1.807, 2.05) is 53.2 Å². The second-order valence-corrected chi connectivity index (χ2v) is 6.90. The number of benzene rings is 2. The van der Waals surface area contributed by atoms with E-state index in [1.54, 1.807) is 16.2 Å². The molecule has 2 heterocycles. The number of rotatable bonds is 5. The van der Waals surface area contributed by atoms with Crippen LogP contribution in [0.5, 0.6) is 0 Å². The van der Waals surface area contributed by atoms with Gasteiger partial charge >= 0.3 is 0 Å². The van der Waals surface area contributed by atoms with Gasteiger partial charge in [-0.2, -0.15) is 11.3 Å². The van der Waals surface area contributed by atoms with E-state index in [9.17, 15) is 9.59 Å². The number of ketones is 1. The fourth-order valence-electron chi connectivity index (χ4n) is 3.22. The molecule has 4 rings (SSSR count). The summed E-state index contributed by atoms with van der Waals surface area (Å²) in [6.45, 7) is 0.560. The minimum atomic E-state index is -0.412. The smallest absolute Gasteiger partial charge is 0.299 e. The molecule has 1 amide bonds. The summed E-state index contributed by atoms with van der Waals surface area (Å²) in [5.41, 5.74) is 4.56. The zero-order valence-corrected chi connectivity index (χ0v) is 14.5. The normalized spacial score (nSPS) is 13.4. The number of Topliss-reactive ketones (excluding diaryl/α,β-unsaturated/α-hetero) is 1. The highest BCUT2D eigenvalue weighted by atomic mass is 32.1. The summed E-state index contributed by atoms with van der Waals surface area (Å²) in [6.07, 6.45) is 1.72. The lowest BCUT2D eigenvalue weighted by Crippen LogP contribution is -2.30. The van der Waals surface area contributed by atoms with Gasteiger partial charge in [-0.1, -0.05) is 36.4 Å². The second kappa shape index (κ2) is 6.65. The van der Waals surface area contributed by atoms with Gasteiger partial charge in [-0.25, -0.2) is 0 Å². The molecule has 3 aromatic rings. The number of carbonyl (C=O) groups is 2. The maximum absolute atomic E-state index is 12.4. The van der Waals surface area contributed by atoms with Crippen molar-refractivity contribution >= 4 is 28.7 Å². The van der Waals surface area contributed by atoms with Gasteiger partial charge in [0, 0.05) is 6.54 Å². The van der Waals surface area contributed by atoms with Gasteiger partial charge in [-0.3, -0.25) is 9.59 Å². The minimum Gasteiger partial charge on any atom is -0.305 e. The molecule has 124 valence electrons. The molecule has 1 aromatic heterocycles. The molecule has 3 nitrogen and oxygen atoms in total. The van der Waals surface area contributed by atoms with Crippen LogP contribution in [0.25, 0.3) is 11.1 Å². The second-order valence-electron chi connectivity index (χ2n) is 6.12. The van der Waals surface area contributed by atoms with Crippen molar-refractivity contribution in [2.24, 2.45) is 0 Å². The molecule has 0 radical (unpaired) electrons. The third-order valence-corrected chi connectivity index (χ3v) is 5.20. The average Bonchev–Trinajstić information content (AvgIpc) is 3.26. The lowest BCUT2D eigenvalue weighted by molar-refractivity contribution is -0.114. The van der Waals surface area contributed by atoms with E-state index < -0.39 is 11.7 Å². The molecule has 2 aromatic carbocycles. The quantitative estimate of drug-likeness (QED) is 0.634. The van der Waals surface area contributed by atoms with E-state index in [1.165, 1.54) is 5.56 Å². The molecular formula is C21H17NO2S. The van der Waals surface area contributed by atoms with Crippen molar-refractivity contribution in [3.63, 3.8) is 0 Å². The van der Waals surface area contributed by atoms with Crippen molar-refractivity contribution in [3.8, 4) is 11.1 Å². The number of aryl methyl sites for hydroxylation is 1. The van der Waals surface area contributed by atoms with E-state index >= 15 is 0 Å². The summed E-state index contributed by atoms with van der Waals surface area (Å²) in [7, 11) is 0. The number of carbonyl (C=O) groups excluding carboxylic acids is 2. The van der Waals surface area contributed by atoms with Crippen molar-refractivity contribution in [3.05, 3.63) is 76.5 Å². The van der Waals surface area contributed by atoms with Crippen LogP contribution < -0.4 is 4.90 Å². The first-order valence-corrected chi connectivity index (χ1v) is 9.25. The van der Waals surface area contributed by atoms with E-state index in [-0.39, 0.29) is 0 Å². The van der Waals surface area contributed by atoms with Crippen LogP contribution in [0.2, 0.25) is 0 Å². The van der Waals surface area contributed by atoms with Crippen LogP contribution in [0.4, 0.5) is 5.69 Å². The van der Waals surface area contributed by atoms with E-state index in [2.05, 4.69) is 12.1 Å². The zero-order chi connectivity index (χ0) is 17.2. The largest absolute Gasteiger partial charge is 0.305 e. The highest BCUT2D eigenvalue weighted by Crippen LogP contribution is 2.33. The number of nitrogens with zero attached hydrogens (tertiary/aromatic N) is 1. The van der Waals surface area contributed by atoms with Gasteiger partial charge in [-0.15, -0.1) is 0 Å². The number of thiophene rings is 1. The maximum Gasteiger partial charge on any atom is 0.299 e. The lowest BCUT2D eigenvalue weighted by atomic mass is 10.0. The molecule has 4 heteroatoms. The summed E-state index contributed by atoms with van der Waals surface area (Å²) < 4.78 is 0. The fourth-order valence-corrected chi connectivity index (χ4v) is 3.88. The summed E-state index contributed by atoms with van der Waals surface area (Å²) in [5, 5.41) is 4.05. The molecule has 0 saturated heterocycles. The Morgan fingerprint density at radius 2 is 1.76 bits per heavy atom. The topological polar surface area (TPSA) is 37.4 Å². The Balaban J connectivity index is 1.53. The fraction of sp³-hybridized carbons (Fsp3) is 0.143. The van der Waals surface area contributed by atoms with Gasteiger partial charge in [0.1, 0.15) is 0 Å². The van der Waals surface area contributed by atoms with Gasteiger partial charge in [0.25, 0.3) is 11.7 Å². The third-order valence-electron chi connectivity index (χ3n) is 4.52. The molecule has 0 spiro atoms. The van der Waals surface area contributed by atoms with Gasteiger partial charge in [0.05, 0.1) is 11.3 Å². The van der Waals surface area contributed by atoms with Crippen molar-refractivity contribution in [2.75, 3.05) is 11.4 Å². The average molecular weight is 347 g/mol. The van der Waals surface area contributed by atoms with Crippen LogP contribution in [-0.4, -0.2) is 18.2 Å². The molecule has 0 saturated carbocycles. The zero-order valence-electron chi connectivity index (χ0n) is 13.6. The number of hydrogen-bond acceptors (Lipinski definition) is 3. The monoisotopic (exact) mass is 347 g/mol. The molecule has 0 fully saturated rings. The van der Waals surface area contributed by atoms with Crippen LogP contribution in [0.3, 0.4) is 0 Å². The molecule has 1 aliphatic heterocycles. The number of fused-ring (bicyclic) bond motifs is 1. The van der Waals surface area contributed by atoms with Crippen molar-refractivity contribution in [1.82, 2.24) is 0 Å². The highest BCUT2D eigenvalue weighted by molar-refractivity contribution is 7.08. The Morgan fingerprint density at radius 1 is 0.920 bits per heavy atom. The first-order valence-electron chi connectivity index (χ1n) is 8.31. The Morgan fingerprint density at radius 3 is 2.52 bits per heavy atom. The molecular weight excluding hydrogens is 330 g/mol. The van der Waals surface area contributed by atoms with Crippen LogP contribution in [0, 0.1) is 0 Å². The van der Waals surface area contributed by atoms with Crippen molar-refractivity contribution in [1.29, 1.82) is 0 Å². The predicted octanol–water partition coefficient (Wildman–Crippen LogP) is 4.58. The molecule has 0 atom stereocenters. The molecule has 0 N–H and O–H groups in total. The summed E-state index contributed by atoms with van der Waals surface area (Å²) in [4.78, 5) is 26.4. The lowest BCUT2D eigenvalue weighted by Gasteiger charge is -2.16. The van der Waals surface area contributed by atoms with Crippen LogP contribution in [-0.2, 0) is 11.2 Å². The minimum absolute atomic E-state index is 0.396. The number of amides is 1. The third kappa shape index (κ3) is 3.01. The van der Waals surface area contributed by atoms with Gasteiger partial charge in [0.15, 0.2) is 0 Å². The van der Waals surface area contributed by atoms with E-state index in [4.69, 9.17) is 0 Å². The Bertz CT molecular complexity index is 916. The summed E-state index contributed by atoms with van der Waals surface area (Å²) in [6, 6.07) is 17.9.